The predicted molar refractivity (Wildman–Crippen MR) is 83.9 cm³/mol. The Bertz CT molecular complexity index is 422. The number of fused-ring (bicyclic) bond motifs is 1. The van der Waals surface area contributed by atoms with Gasteiger partial charge in [0.1, 0.15) is 13.2 Å². The van der Waals surface area contributed by atoms with Crippen LogP contribution in [0, 0.1) is 0 Å². The van der Waals surface area contributed by atoms with Gasteiger partial charge in [-0.3, -0.25) is 0 Å². The smallest absolute Gasteiger partial charge is 0.161 e. The maximum atomic E-state index is 6.17. The summed E-state index contributed by atoms with van der Waals surface area (Å²) in [6.45, 7) is 4.78. The minimum absolute atomic E-state index is 0.114. The van der Waals surface area contributed by atoms with E-state index >= 15 is 0 Å². The fourth-order valence-corrected chi connectivity index (χ4v) is 2.40. The highest BCUT2D eigenvalue weighted by molar-refractivity contribution is 5.44. The van der Waals surface area contributed by atoms with E-state index in [1.165, 1.54) is 25.7 Å². The molecule has 1 aromatic carbocycles. The molecule has 0 radical (unpaired) electrons. The SMILES string of the molecule is CCCCCCCOCC(N)c1ccc2c(c1)OCCO2. The molecular formula is C17H27NO3. The summed E-state index contributed by atoms with van der Waals surface area (Å²) < 4.78 is 16.8. The molecule has 1 aliphatic rings. The van der Waals surface area contributed by atoms with Gasteiger partial charge in [-0.1, -0.05) is 38.7 Å². The largest absolute Gasteiger partial charge is 0.486 e. The lowest BCUT2D eigenvalue weighted by molar-refractivity contribution is 0.117. The van der Waals surface area contributed by atoms with Crippen LogP contribution in [0.15, 0.2) is 18.2 Å². The van der Waals surface area contributed by atoms with Gasteiger partial charge in [0.15, 0.2) is 11.5 Å². The van der Waals surface area contributed by atoms with Gasteiger partial charge in [-0.2, -0.15) is 0 Å². The number of nitrogens with two attached hydrogens (primary N) is 1. The first kappa shape index (κ1) is 16.1. The summed E-state index contributed by atoms with van der Waals surface area (Å²) in [4.78, 5) is 0. The topological polar surface area (TPSA) is 53.7 Å². The third kappa shape index (κ3) is 5.21. The molecule has 118 valence electrons. The average molecular weight is 293 g/mol. The van der Waals surface area contributed by atoms with E-state index in [1.807, 2.05) is 18.2 Å². The van der Waals surface area contributed by atoms with E-state index in [0.717, 1.165) is 30.1 Å². The molecule has 0 fully saturated rings. The Morgan fingerprint density at radius 1 is 1.10 bits per heavy atom. The Balaban J connectivity index is 1.69. The highest BCUT2D eigenvalue weighted by Gasteiger charge is 2.14. The molecule has 1 heterocycles. The Labute approximate surface area is 127 Å². The number of benzene rings is 1. The molecule has 1 aromatic rings. The van der Waals surface area contributed by atoms with Gasteiger partial charge in [-0.15, -0.1) is 0 Å². The van der Waals surface area contributed by atoms with Crippen LogP contribution >= 0.6 is 0 Å². The van der Waals surface area contributed by atoms with Crippen LogP contribution in [0.25, 0.3) is 0 Å². The summed E-state index contributed by atoms with van der Waals surface area (Å²) in [7, 11) is 0. The molecule has 0 bridgehead atoms. The maximum Gasteiger partial charge on any atom is 0.161 e. The van der Waals surface area contributed by atoms with E-state index in [4.69, 9.17) is 19.9 Å². The molecule has 0 aromatic heterocycles. The summed E-state index contributed by atoms with van der Waals surface area (Å²) in [5, 5.41) is 0. The summed E-state index contributed by atoms with van der Waals surface area (Å²) >= 11 is 0. The second kappa shape index (κ2) is 8.90. The number of hydrogen-bond acceptors (Lipinski definition) is 4. The molecule has 1 atom stereocenters. The molecule has 0 spiro atoms. The zero-order valence-corrected chi connectivity index (χ0v) is 13.0. The van der Waals surface area contributed by atoms with E-state index in [-0.39, 0.29) is 6.04 Å². The number of hydrogen-bond donors (Lipinski definition) is 1. The van der Waals surface area contributed by atoms with E-state index < -0.39 is 0 Å². The molecule has 2 rings (SSSR count). The summed E-state index contributed by atoms with van der Waals surface area (Å²) in [5.41, 5.74) is 7.20. The van der Waals surface area contributed by atoms with Crippen molar-refractivity contribution in [3.8, 4) is 11.5 Å². The quantitative estimate of drug-likeness (QED) is 0.709. The number of unbranched alkanes of at least 4 members (excludes halogenated alkanes) is 4. The van der Waals surface area contributed by atoms with Crippen LogP contribution in [-0.4, -0.2) is 26.4 Å². The first-order chi connectivity index (χ1) is 10.3. The van der Waals surface area contributed by atoms with Crippen LogP contribution in [0.5, 0.6) is 11.5 Å². The molecule has 1 unspecified atom stereocenters. The average Bonchev–Trinajstić information content (AvgIpc) is 2.53. The van der Waals surface area contributed by atoms with Crippen molar-refractivity contribution in [3.63, 3.8) is 0 Å². The molecular weight excluding hydrogens is 266 g/mol. The highest BCUT2D eigenvalue weighted by Crippen LogP contribution is 2.32. The second-order valence-corrected chi connectivity index (χ2v) is 5.50. The van der Waals surface area contributed by atoms with Gasteiger partial charge in [0.25, 0.3) is 0 Å². The Kier molecular flexibility index (Phi) is 6.83. The fourth-order valence-electron chi connectivity index (χ4n) is 2.40. The van der Waals surface area contributed by atoms with Crippen molar-refractivity contribution in [2.75, 3.05) is 26.4 Å². The van der Waals surface area contributed by atoms with Crippen molar-refractivity contribution in [1.82, 2.24) is 0 Å². The third-order valence-electron chi connectivity index (χ3n) is 3.68. The normalized spacial score (nSPS) is 15.0. The van der Waals surface area contributed by atoms with Crippen molar-refractivity contribution in [2.24, 2.45) is 5.73 Å². The molecule has 21 heavy (non-hydrogen) atoms. The van der Waals surface area contributed by atoms with Gasteiger partial charge in [0.2, 0.25) is 0 Å². The van der Waals surface area contributed by atoms with Crippen molar-refractivity contribution in [3.05, 3.63) is 23.8 Å². The monoisotopic (exact) mass is 293 g/mol. The van der Waals surface area contributed by atoms with E-state index in [2.05, 4.69) is 6.92 Å². The lowest BCUT2D eigenvalue weighted by Crippen LogP contribution is -2.19. The van der Waals surface area contributed by atoms with Crippen molar-refractivity contribution in [2.45, 2.75) is 45.1 Å². The zero-order valence-electron chi connectivity index (χ0n) is 13.0. The molecule has 4 nitrogen and oxygen atoms in total. The van der Waals surface area contributed by atoms with Gasteiger partial charge < -0.3 is 19.9 Å². The van der Waals surface area contributed by atoms with Gasteiger partial charge in [0, 0.05) is 6.61 Å². The second-order valence-electron chi connectivity index (χ2n) is 5.50. The van der Waals surface area contributed by atoms with E-state index in [0.29, 0.717) is 19.8 Å². The zero-order chi connectivity index (χ0) is 14.9. The van der Waals surface area contributed by atoms with Crippen LogP contribution in [0.3, 0.4) is 0 Å². The first-order valence-corrected chi connectivity index (χ1v) is 8.04. The van der Waals surface area contributed by atoms with Crippen LogP contribution in [-0.2, 0) is 4.74 Å². The predicted octanol–water partition coefficient (Wildman–Crippen LogP) is 3.44. The van der Waals surface area contributed by atoms with Gasteiger partial charge in [-0.25, -0.2) is 0 Å². The van der Waals surface area contributed by atoms with Crippen LogP contribution < -0.4 is 15.2 Å². The van der Waals surface area contributed by atoms with Gasteiger partial charge in [-0.05, 0) is 24.1 Å². The fraction of sp³-hybridized carbons (Fsp3) is 0.647. The molecule has 4 heteroatoms. The number of rotatable bonds is 9. The first-order valence-electron chi connectivity index (χ1n) is 8.04. The molecule has 0 amide bonds. The summed E-state index contributed by atoms with van der Waals surface area (Å²) in [6, 6.07) is 5.76. The lowest BCUT2D eigenvalue weighted by atomic mass is 10.1. The minimum atomic E-state index is -0.114. The van der Waals surface area contributed by atoms with E-state index in [1.54, 1.807) is 0 Å². The van der Waals surface area contributed by atoms with Gasteiger partial charge >= 0.3 is 0 Å². The molecule has 2 N–H and O–H groups in total. The third-order valence-corrected chi connectivity index (χ3v) is 3.68. The Morgan fingerprint density at radius 3 is 2.67 bits per heavy atom. The van der Waals surface area contributed by atoms with Crippen LogP contribution in [0.1, 0.15) is 50.6 Å². The van der Waals surface area contributed by atoms with Gasteiger partial charge in [0.05, 0.1) is 12.6 Å². The summed E-state index contributed by atoms with van der Waals surface area (Å²) in [6.07, 6.45) is 6.25. The molecule has 1 aliphatic heterocycles. The van der Waals surface area contributed by atoms with Crippen molar-refractivity contribution >= 4 is 0 Å². The highest BCUT2D eigenvalue weighted by atomic mass is 16.6. The lowest BCUT2D eigenvalue weighted by Gasteiger charge is -2.20. The maximum absolute atomic E-state index is 6.17. The van der Waals surface area contributed by atoms with E-state index in [9.17, 15) is 0 Å². The van der Waals surface area contributed by atoms with Crippen LogP contribution in [0.2, 0.25) is 0 Å². The standard InChI is InChI=1S/C17H27NO3/c1-2-3-4-5-6-9-19-13-15(18)14-7-8-16-17(12-14)21-11-10-20-16/h7-8,12,15H,2-6,9-11,13,18H2,1H3. The van der Waals surface area contributed by atoms with Crippen LogP contribution in [0.4, 0.5) is 0 Å². The minimum Gasteiger partial charge on any atom is -0.486 e. The Hall–Kier alpha value is -1.26. The van der Waals surface area contributed by atoms with Crippen molar-refractivity contribution < 1.29 is 14.2 Å². The molecule has 0 aliphatic carbocycles. The Morgan fingerprint density at radius 2 is 1.86 bits per heavy atom. The molecule has 0 saturated carbocycles. The number of ether oxygens (including phenoxy) is 3. The molecule has 0 saturated heterocycles. The summed E-state index contributed by atoms with van der Waals surface area (Å²) in [5.74, 6) is 1.59. The van der Waals surface area contributed by atoms with Crippen molar-refractivity contribution in [1.29, 1.82) is 0 Å².